The molecular weight excluding hydrogens is 1180 g/mol. The predicted molar refractivity (Wildman–Crippen MR) is 356 cm³/mol. The van der Waals surface area contributed by atoms with Crippen LogP contribution in [0, 0.1) is 69.5 Å². The highest BCUT2D eigenvalue weighted by atomic mass is 16.2. The minimum atomic E-state index is -0.396. The van der Waals surface area contributed by atoms with E-state index in [0.717, 1.165) is 167 Å². The van der Waals surface area contributed by atoms with Crippen molar-refractivity contribution in [3.63, 3.8) is 0 Å². The van der Waals surface area contributed by atoms with Gasteiger partial charge in [0.05, 0.1) is 71.8 Å². The largest absolute Gasteiger partial charge is 0.278 e. The SMILES string of the molecule is CCC(C)(C)C(=O)N1C(=O)C2CCCC21.CCC(C)(C)C(=O)N1C(=O)C2CCCCC21.CCC(C)(C)C(=O)N1C(=O)C2CCCCCC21.CCC(C)C(=O)N1C(=O)C2CCCC21.CCC(C)C(=O)N1C(=O)C2CCCCC21.CCC(C)C(=O)N1C(=O)C2CCCCCC21. The topological polar surface area (TPSA) is 224 Å². The molecule has 12 rings (SSSR count). The number of fused-ring (bicyclic) bond motifs is 6. The first-order valence-corrected chi connectivity index (χ1v) is 37.2. The highest BCUT2D eigenvalue weighted by molar-refractivity contribution is 6.07. The fourth-order valence-corrected chi connectivity index (χ4v) is 16.1. The number of imide groups is 6. The quantitative estimate of drug-likeness (QED) is 0.166. The lowest BCUT2D eigenvalue weighted by Gasteiger charge is -2.50. The summed E-state index contributed by atoms with van der Waals surface area (Å²) in [6.07, 6.45) is 30.7. The molecule has 0 spiro atoms. The minimum Gasteiger partial charge on any atom is -0.278 e. The van der Waals surface area contributed by atoms with Crippen LogP contribution in [0.15, 0.2) is 0 Å². The van der Waals surface area contributed by atoms with Crippen molar-refractivity contribution in [2.75, 3.05) is 0 Å². The standard InChI is InChI=1S/C14H23NO2.2C13H21NO2.2C12H19NO2.C11H17NO2/c1-4-14(2,3)13(17)15-11-9-7-5-6-8-10(11)12(15)16;1-4-13(2,3)12(16)14-10-8-6-5-7-9(10)11(14)15;1-3-9(2)12(15)14-11-8-6-4-5-7-10(11)13(14)16;1-4-12(2,3)11(15)13-9-7-5-6-8(9)10(13)14;1-3-8(2)11(14)13-10-7-5-4-6-9(10)12(13)15;1-3-7(2)10(13)12-9-6-4-5-8(9)11(12)14/h10-11H,4-9H2,1-3H3;9-10H,4-8H2,1-3H3;9-11H,3-8H2,1-2H3;8-9H,4-7H2,1-3H3;8-10H,3-7H2,1-2H3;7-9H,3-6H2,1-2H3. The van der Waals surface area contributed by atoms with Gasteiger partial charge in [-0.25, -0.2) is 0 Å². The second-order valence-electron chi connectivity index (χ2n) is 31.6. The molecule has 15 unspecified atom stereocenters. The zero-order chi connectivity index (χ0) is 68.8. The first-order chi connectivity index (χ1) is 44.0. The molecule has 6 aliphatic carbocycles. The van der Waals surface area contributed by atoms with Gasteiger partial charge in [-0.05, 0) is 116 Å². The fourth-order valence-electron chi connectivity index (χ4n) is 16.1. The zero-order valence-electron chi connectivity index (χ0n) is 60.0. The van der Waals surface area contributed by atoms with Gasteiger partial charge in [0.2, 0.25) is 70.9 Å². The third-order valence-corrected chi connectivity index (χ3v) is 24.6. The lowest BCUT2D eigenvalue weighted by atomic mass is 9.74. The lowest BCUT2D eigenvalue weighted by molar-refractivity contribution is -0.175. The smallest absolute Gasteiger partial charge is 0.235 e. The van der Waals surface area contributed by atoms with Gasteiger partial charge >= 0.3 is 0 Å². The zero-order valence-corrected chi connectivity index (χ0v) is 60.0. The Morgan fingerprint density at radius 2 is 0.462 bits per heavy atom. The van der Waals surface area contributed by atoms with Crippen molar-refractivity contribution in [3.8, 4) is 0 Å². The Balaban J connectivity index is 0.000000158. The number of amides is 12. The van der Waals surface area contributed by atoms with Gasteiger partial charge in [-0.15, -0.1) is 0 Å². The first kappa shape index (κ1) is 75.2. The third kappa shape index (κ3) is 15.3. The minimum absolute atomic E-state index is 0.000463. The molecule has 6 saturated heterocycles. The van der Waals surface area contributed by atoms with Crippen LogP contribution in [-0.4, -0.2) is 137 Å². The molecule has 0 aromatic heterocycles. The van der Waals surface area contributed by atoms with Gasteiger partial charge in [0.15, 0.2) is 0 Å². The van der Waals surface area contributed by atoms with E-state index in [4.69, 9.17) is 0 Å². The molecule has 12 amide bonds. The summed E-state index contributed by atoms with van der Waals surface area (Å²) in [7, 11) is 0. The Bertz CT molecular complexity index is 2770. The Labute approximate surface area is 557 Å². The summed E-state index contributed by atoms with van der Waals surface area (Å²) in [5.41, 5.74) is -1.17. The summed E-state index contributed by atoms with van der Waals surface area (Å²) >= 11 is 0. The summed E-state index contributed by atoms with van der Waals surface area (Å²) in [6.45, 7) is 29.3. The summed E-state index contributed by atoms with van der Waals surface area (Å²) in [4.78, 5) is 153. The number of carbonyl (C=O) groups is 12. The van der Waals surface area contributed by atoms with Crippen LogP contribution in [0.2, 0.25) is 0 Å². The first-order valence-electron chi connectivity index (χ1n) is 37.2. The molecule has 0 N–H and O–H groups in total. The molecular formula is C75H120N6O12. The normalized spacial score (nSPS) is 30.7. The molecule has 93 heavy (non-hydrogen) atoms. The van der Waals surface area contributed by atoms with Crippen molar-refractivity contribution in [2.45, 2.75) is 333 Å². The average Bonchev–Trinajstić information content (AvgIpc) is 1.48. The number of β-lactam (4-membered cyclic amide) rings is 6. The van der Waals surface area contributed by atoms with E-state index in [2.05, 4.69) is 0 Å². The van der Waals surface area contributed by atoms with Gasteiger partial charge < -0.3 is 0 Å². The van der Waals surface area contributed by atoms with Gasteiger partial charge in [0.25, 0.3) is 0 Å². The second-order valence-corrected chi connectivity index (χ2v) is 31.6. The fraction of sp³-hybridized carbons (Fsp3) is 0.840. The molecule has 12 aliphatic rings. The molecule has 0 aromatic rings. The van der Waals surface area contributed by atoms with E-state index in [-0.39, 0.29) is 166 Å². The van der Waals surface area contributed by atoms with E-state index >= 15 is 0 Å². The molecule has 6 saturated carbocycles. The van der Waals surface area contributed by atoms with Gasteiger partial charge in [-0.2, -0.15) is 0 Å². The Morgan fingerprint density at radius 1 is 0.290 bits per heavy atom. The van der Waals surface area contributed by atoms with Crippen molar-refractivity contribution >= 4 is 70.9 Å². The maximum Gasteiger partial charge on any atom is 0.235 e. The van der Waals surface area contributed by atoms with Crippen molar-refractivity contribution in [2.24, 2.45) is 69.5 Å². The lowest BCUT2D eigenvalue weighted by Crippen LogP contribution is -2.66. The number of carbonyl (C=O) groups excluding carboxylic acids is 12. The molecule has 6 aliphatic heterocycles. The molecule has 6 heterocycles. The summed E-state index contributed by atoms with van der Waals surface area (Å²) in [6, 6.07) is 1.40. The molecule has 0 radical (unpaired) electrons. The van der Waals surface area contributed by atoms with Crippen LogP contribution in [0.3, 0.4) is 0 Å². The van der Waals surface area contributed by atoms with E-state index < -0.39 is 10.8 Å². The number of nitrogens with zero attached hydrogens (tertiary/aromatic N) is 6. The van der Waals surface area contributed by atoms with Gasteiger partial charge in [0.1, 0.15) is 0 Å². The van der Waals surface area contributed by atoms with Crippen molar-refractivity contribution < 1.29 is 57.5 Å². The van der Waals surface area contributed by atoms with Crippen LogP contribution in [0.4, 0.5) is 0 Å². The third-order valence-electron chi connectivity index (χ3n) is 24.6. The number of hydrogen-bond donors (Lipinski definition) is 0. The highest BCUT2D eigenvalue weighted by Crippen LogP contribution is 2.46. The monoisotopic (exact) mass is 1300 g/mol. The second kappa shape index (κ2) is 31.8. The Kier molecular flexibility index (Phi) is 25.7. The Morgan fingerprint density at radius 3 is 0.688 bits per heavy atom. The van der Waals surface area contributed by atoms with Crippen LogP contribution in [-0.2, 0) is 57.5 Å². The summed E-state index contributed by atoms with van der Waals surface area (Å²) < 4.78 is 0. The van der Waals surface area contributed by atoms with E-state index in [1.807, 2.05) is 104 Å². The van der Waals surface area contributed by atoms with Gasteiger partial charge in [0, 0.05) is 34.0 Å². The van der Waals surface area contributed by atoms with E-state index in [1.165, 1.54) is 40.4 Å². The highest BCUT2D eigenvalue weighted by Gasteiger charge is 2.58. The molecule has 18 nitrogen and oxygen atoms in total. The van der Waals surface area contributed by atoms with Crippen LogP contribution >= 0.6 is 0 Å². The Hall–Kier alpha value is -5.16. The molecule has 12 fully saturated rings. The summed E-state index contributed by atoms with van der Waals surface area (Å²) in [5, 5.41) is 0. The maximum atomic E-state index is 12.4. The molecule has 522 valence electrons. The molecule has 0 bridgehead atoms. The van der Waals surface area contributed by atoms with Crippen molar-refractivity contribution in [3.05, 3.63) is 0 Å². The van der Waals surface area contributed by atoms with E-state index in [9.17, 15) is 57.5 Å². The van der Waals surface area contributed by atoms with Gasteiger partial charge in [-0.3, -0.25) is 86.9 Å². The molecule has 18 heteroatoms. The van der Waals surface area contributed by atoms with Crippen molar-refractivity contribution in [1.29, 1.82) is 0 Å². The number of rotatable bonds is 12. The van der Waals surface area contributed by atoms with Crippen LogP contribution in [0.5, 0.6) is 0 Å². The molecule has 0 aromatic carbocycles. The summed E-state index contributed by atoms with van der Waals surface area (Å²) in [5.74, 6) is 1.72. The van der Waals surface area contributed by atoms with E-state index in [1.54, 1.807) is 14.7 Å². The van der Waals surface area contributed by atoms with E-state index in [0.29, 0.717) is 0 Å². The molecule has 15 atom stereocenters. The van der Waals surface area contributed by atoms with Crippen LogP contribution in [0.25, 0.3) is 0 Å². The van der Waals surface area contributed by atoms with Crippen LogP contribution < -0.4 is 0 Å². The number of hydrogen-bond acceptors (Lipinski definition) is 12. The maximum absolute atomic E-state index is 12.4. The predicted octanol–water partition coefficient (Wildman–Crippen LogP) is 12.9. The number of likely N-dealkylation sites (tertiary alicyclic amines) is 6. The average molecular weight is 1300 g/mol. The van der Waals surface area contributed by atoms with Gasteiger partial charge in [-0.1, -0.05) is 181 Å². The van der Waals surface area contributed by atoms with Crippen molar-refractivity contribution in [1.82, 2.24) is 29.4 Å². The van der Waals surface area contributed by atoms with Crippen LogP contribution in [0.1, 0.15) is 296 Å².